The van der Waals surface area contributed by atoms with Crippen molar-refractivity contribution in [2.24, 2.45) is 7.05 Å². The van der Waals surface area contributed by atoms with Gasteiger partial charge in [0.15, 0.2) is 0 Å². The molecule has 3 aromatic rings. The molecule has 0 fully saturated rings. The normalized spacial score (nSPS) is 11.1. The molecule has 1 aromatic carbocycles. The van der Waals surface area contributed by atoms with Crippen LogP contribution in [0.3, 0.4) is 0 Å². The van der Waals surface area contributed by atoms with E-state index in [1.807, 2.05) is 0 Å². The van der Waals surface area contributed by atoms with Crippen molar-refractivity contribution in [3.05, 3.63) is 39.5 Å². The zero-order valence-electron chi connectivity index (χ0n) is 9.78. The standard InChI is InChI=1S/C11H8BrN5O2/c1-16-11(14-10(12)15-16)17-9(19)6-3-2-4-8(18)7(6)5-13-17/h2-5,18H,1H3. The van der Waals surface area contributed by atoms with Crippen molar-refractivity contribution < 1.29 is 5.11 Å². The maximum atomic E-state index is 12.3. The lowest BCUT2D eigenvalue weighted by Crippen LogP contribution is -2.23. The van der Waals surface area contributed by atoms with E-state index in [4.69, 9.17) is 0 Å². The Labute approximate surface area is 115 Å². The van der Waals surface area contributed by atoms with Crippen molar-refractivity contribution in [3.63, 3.8) is 0 Å². The number of halogens is 1. The summed E-state index contributed by atoms with van der Waals surface area (Å²) in [4.78, 5) is 16.4. The molecule has 0 aliphatic carbocycles. The number of benzene rings is 1. The highest BCUT2D eigenvalue weighted by molar-refractivity contribution is 9.10. The average Bonchev–Trinajstić information content (AvgIpc) is 2.70. The third kappa shape index (κ3) is 1.80. The van der Waals surface area contributed by atoms with Gasteiger partial charge in [-0.1, -0.05) is 6.07 Å². The zero-order valence-corrected chi connectivity index (χ0v) is 11.4. The van der Waals surface area contributed by atoms with E-state index < -0.39 is 0 Å². The molecule has 0 amide bonds. The summed E-state index contributed by atoms with van der Waals surface area (Å²) in [6.07, 6.45) is 1.43. The molecule has 7 nitrogen and oxygen atoms in total. The minimum Gasteiger partial charge on any atom is -0.507 e. The van der Waals surface area contributed by atoms with Crippen molar-refractivity contribution in [1.82, 2.24) is 24.5 Å². The summed E-state index contributed by atoms with van der Waals surface area (Å²) in [6.45, 7) is 0. The molecule has 0 spiro atoms. The minimum absolute atomic E-state index is 0.0217. The zero-order chi connectivity index (χ0) is 13.6. The SMILES string of the molecule is Cn1nc(Br)nc1-n1ncc2c(O)cccc2c1=O. The summed E-state index contributed by atoms with van der Waals surface area (Å²) in [5.41, 5.74) is -0.364. The van der Waals surface area contributed by atoms with Crippen molar-refractivity contribution in [3.8, 4) is 11.7 Å². The third-order valence-electron chi connectivity index (χ3n) is 2.71. The summed E-state index contributed by atoms with van der Waals surface area (Å²) in [6, 6.07) is 4.74. The Morgan fingerprint density at radius 1 is 1.32 bits per heavy atom. The molecule has 96 valence electrons. The van der Waals surface area contributed by atoms with Crippen LogP contribution >= 0.6 is 15.9 Å². The number of fused-ring (bicyclic) bond motifs is 1. The van der Waals surface area contributed by atoms with Crippen LogP contribution in [0.1, 0.15) is 0 Å². The summed E-state index contributed by atoms with van der Waals surface area (Å²) >= 11 is 3.14. The quantitative estimate of drug-likeness (QED) is 0.722. The second-order valence-corrected chi connectivity index (χ2v) is 4.61. The fourth-order valence-corrected chi connectivity index (χ4v) is 2.23. The van der Waals surface area contributed by atoms with Gasteiger partial charge in [-0.25, -0.2) is 4.68 Å². The number of hydrogen-bond donors (Lipinski definition) is 1. The molecule has 0 aliphatic heterocycles. The highest BCUT2D eigenvalue weighted by Crippen LogP contribution is 2.20. The molecule has 0 unspecified atom stereocenters. The van der Waals surface area contributed by atoms with Crippen LogP contribution in [0.5, 0.6) is 5.75 Å². The van der Waals surface area contributed by atoms with E-state index in [2.05, 4.69) is 31.1 Å². The van der Waals surface area contributed by atoms with E-state index >= 15 is 0 Å². The Hall–Kier alpha value is -2.22. The Bertz CT molecular complexity index is 839. The van der Waals surface area contributed by atoms with Crippen LogP contribution in [0.2, 0.25) is 0 Å². The fraction of sp³-hybridized carbons (Fsp3) is 0.0909. The Balaban J connectivity index is 2.36. The molecular weight excluding hydrogens is 314 g/mol. The van der Waals surface area contributed by atoms with Gasteiger partial charge in [-0.05, 0) is 28.1 Å². The van der Waals surface area contributed by atoms with Gasteiger partial charge in [0.05, 0.1) is 11.6 Å². The maximum absolute atomic E-state index is 12.3. The Kier molecular flexibility index (Phi) is 2.59. The van der Waals surface area contributed by atoms with Crippen molar-refractivity contribution >= 4 is 26.7 Å². The number of aromatic hydroxyl groups is 1. The molecule has 19 heavy (non-hydrogen) atoms. The summed E-state index contributed by atoms with van der Waals surface area (Å²) in [5.74, 6) is 0.315. The first-order valence-corrected chi connectivity index (χ1v) is 6.14. The fourth-order valence-electron chi connectivity index (χ4n) is 1.83. The minimum atomic E-state index is -0.364. The predicted octanol–water partition coefficient (Wildman–Crippen LogP) is 0.982. The summed E-state index contributed by atoms with van der Waals surface area (Å²) in [5, 5.41) is 18.5. The van der Waals surface area contributed by atoms with Gasteiger partial charge in [0.2, 0.25) is 4.73 Å². The van der Waals surface area contributed by atoms with Crippen LogP contribution in [-0.4, -0.2) is 29.7 Å². The third-order valence-corrected chi connectivity index (χ3v) is 3.05. The van der Waals surface area contributed by atoms with Gasteiger partial charge >= 0.3 is 0 Å². The van der Waals surface area contributed by atoms with E-state index in [0.717, 1.165) is 4.68 Å². The maximum Gasteiger partial charge on any atom is 0.282 e. The number of nitrogens with zero attached hydrogens (tertiary/aromatic N) is 5. The van der Waals surface area contributed by atoms with E-state index in [0.29, 0.717) is 21.5 Å². The highest BCUT2D eigenvalue weighted by atomic mass is 79.9. The molecule has 1 N–H and O–H groups in total. The lowest BCUT2D eigenvalue weighted by Gasteiger charge is -2.05. The lowest BCUT2D eigenvalue weighted by atomic mass is 10.2. The molecular formula is C11H8BrN5O2. The molecule has 2 aromatic heterocycles. The molecule has 0 aliphatic rings. The molecule has 0 radical (unpaired) electrons. The number of phenols is 1. The summed E-state index contributed by atoms with van der Waals surface area (Å²) in [7, 11) is 1.66. The lowest BCUT2D eigenvalue weighted by molar-refractivity contribution is 0.481. The average molecular weight is 322 g/mol. The van der Waals surface area contributed by atoms with Gasteiger partial charge in [-0.3, -0.25) is 4.79 Å². The predicted molar refractivity (Wildman–Crippen MR) is 71.3 cm³/mol. The van der Waals surface area contributed by atoms with Crippen LogP contribution < -0.4 is 5.56 Å². The monoisotopic (exact) mass is 321 g/mol. The van der Waals surface area contributed by atoms with Gasteiger partial charge in [0.1, 0.15) is 5.75 Å². The van der Waals surface area contributed by atoms with Crippen LogP contribution in [0.25, 0.3) is 16.7 Å². The number of phenolic OH excluding ortho intramolecular Hbond substituents is 1. The molecule has 8 heteroatoms. The molecule has 0 bridgehead atoms. The number of aryl methyl sites for hydroxylation is 1. The first kappa shape index (κ1) is 11.8. The van der Waals surface area contributed by atoms with Crippen LogP contribution in [0.4, 0.5) is 0 Å². The Morgan fingerprint density at radius 3 is 2.79 bits per heavy atom. The molecule has 2 heterocycles. The van der Waals surface area contributed by atoms with Crippen molar-refractivity contribution in [1.29, 1.82) is 0 Å². The van der Waals surface area contributed by atoms with Gasteiger partial charge in [0.25, 0.3) is 11.5 Å². The number of rotatable bonds is 1. The van der Waals surface area contributed by atoms with Gasteiger partial charge in [-0.15, -0.1) is 5.10 Å². The van der Waals surface area contributed by atoms with E-state index in [1.165, 1.54) is 16.9 Å². The Morgan fingerprint density at radius 2 is 2.11 bits per heavy atom. The highest BCUT2D eigenvalue weighted by Gasteiger charge is 2.13. The van der Waals surface area contributed by atoms with Crippen molar-refractivity contribution in [2.75, 3.05) is 0 Å². The molecule has 0 saturated carbocycles. The van der Waals surface area contributed by atoms with Crippen molar-refractivity contribution in [2.45, 2.75) is 0 Å². The van der Waals surface area contributed by atoms with E-state index in [1.54, 1.807) is 19.2 Å². The first-order valence-electron chi connectivity index (χ1n) is 5.35. The van der Waals surface area contributed by atoms with Crippen LogP contribution in [0.15, 0.2) is 33.9 Å². The second-order valence-electron chi connectivity index (χ2n) is 3.90. The summed E-state index contributed by atoms with van der Waals surface area (Å²) < 4.78 is 2.95. The topological polar surface area (TPSA) is 85.8 Å². The smallest absolute Gasteiger partial charge is 0.282 e. The molecule has 0 atom stereocenters. The number of aromatic nitrogens is 5. The van der Waals surface area contributed by atoms with E-state index in [-0.39, 0.29) is 11.3 Å². The molecule has 0 saturated heterocycles. The van der Waals surface area contributed by atoms with Crippen LogP contribution in [-0.2, 0) is 7.05 Å². The van der Waals surface area contributed by atoms with Gasteiger partial charge in [-0.2, -0.15) is 14.8 Å². The molecule has 3 rings (SSSR count). The largest absolute Gasteiger partial charge is 0.507 e. The second kappa shape index (κ2) is 4.16. The van der Waals surface area contributed by atoms with Gasteiger partial charge < -0.3 is 5.11 Å². The van der Waals surface area contributed by atoms with Crippen LogP contribution in [0, 0.1) is 0 Å². The van der Waals surface area contributed by atoms with Gasteiger partial charge in [0, 0.05) is 12.4 Å². The van der Waals surface area contributed by atoms with E-state index in [9.17, 15) is 9.90 Å². The number of hydrogen-bond acceptors (Lipinski definition) is 5. The first-order chi connectivity index (χ1) is 9.08.